The Hall–Kier alpha value is -2.92. The van der Waals surface area contributed by atoms with Gasteiger partial charge in [-0.25, -0.2) is 4.68 Å². The fourth-order valence-electron chi connectivity index (χ4n) is 3.63. The van der Waals surface area contributed by atoms with Crippen LogP contribution in [-0.2, 0) is 22.3 Å². The molecule has 1 aromatic heterocycles. The molecule has 2 atom stereocenters. The molecule has 2 aromatic rings. The van der Waals surface area contributed by atoms with Crippen molar-refractivity contribution in [2.75, 3.05) is 27.3 Å². The van der Waals surface area contributed by atoms with Gasteiger partial charge in [0.2, 0.25) is 0 Å². The number of halogens is 3. The smallest absolute Gasteiger partial charge is 0.421 e. The molecule has 3 rings (SSSR count). The van der Waals surface area contributed by atoms with Gasteiger partial charge >= 0.3 is 12.1 Å². The number of likely N-dealkylation sites (tertiary alicyclic amines) is 1. The van der Waals surface area contributed by atoms with Gasteiger partial charge in [0.1, 0.15) is 11.3 Å². The highest BCUT2D eigenvalue weighted by Crippen LogP contribution is 2.34. The van der Waals surface area contributed by atoms with E-state index in [1.807, 2.05) is 0 Å². The largest absolute Gasteiger partial charge is 0.497 e. The van der Waals surface area contributed by atoms with Crippen molar-refractivity contribution < 1.29 is 32.5 Å². The van der Waals surface area contributed by atoms with Crippen LogP contribution in [0.25, 0.3) is 0 Å². The molecule has 1 N–H and O–H groups in total. The van der Waals surface area contributed by atoms with E-state index in [1.165, 1.54) is 19.1 Å². The summed E-state index contributed by atoms with van der Waals surface area (Å²) in [5.41, 5.74) is -2.08. The molecule has 0 bridgehead atoms. The first-order valence-corrected chi connectivity index (χ1v) is 9.43. The zero-order chi connectivity index (χ0) is 22.8. The molecule has 1 aromatic carbocycles. The third-order valence-corrected chi connectivity index (χ3v) is 5.17. The Morgan fingerprint density at radius 1 is 1.26 bits per heavy atom. The first-order valence-electron chi connectivity index (χ1n) is 9.43. The molecule has 11 heteroatoms. The van der Waals surface area contributed by atoms with E-state index in [4.69, 9.17) is 14.6 Å². The fraction of sp³-hybridized carbons (Fsp3) is 0.450. The molecule has 1 fully saturated rings. The SMILES string of the molecule is COc1ccc(Cn2nc(C3CC(OC)CN3CC(=O)O)cc(C(F)(F)F)c2=O)cc1. The quantitative estimate of drug-likeness (QED) is 0.704. The van der Waals surface area contributed by atoms with Crippen molar-refractivity contribution in [3.63, 3.8) is 0 Å². The monoisotopic (exact) mass is 441 g/mol. The molecule has 1 aliphatic heterocycles. The van der Waals surface area contributed by atoms with Crippen molar-refractivity contribution in [3.8, 4) is 5.75 Å². The van der Waals surface area contributed by atoms with Crippen molar-refractivity contribution in [1.29, 1.82) is 0 Å². The molecule has 8 nitrogen and oxygen atoms in total. The van der Waals surface area contributed by atoms with Gasteiger partial charge in [0, 0.05) is 13.7 Å². The predicted octanol–water partition coefficient (Wildman–Crippen LogP) is 2.17. The van der Waals surface area contributed by atoms with Crippen LogP contribution in [0.1, 0.15) is 29.3 Å². The third-order valence-electron chi connectivity index (χ3n) is 5.17. The molecule has 0 amide bonds. The Morgan fingerprint density at radius 2 is 1.94 bits per heavy atom. The summed E-state index contributed by atoms with van der Waals surface area (Å²) in [5, 5.41) is 13.3. The lowest BCUT2D eigenvalue weighted by molar-refractivity contribution is -0.140. The van der Waals surface area contributed by atoms with Gasteiger partial charge in [-0.2, -0.15) is 18.3 Å². The van der Waals surface area contributed by atoms with Crippen LogP contribution in [-0.4, -0.2) is 59.2 Å². The molecule has 0 radical (unpaired) electrons. The van der Waals surface area contributed by atoms with Gasteiger partial charge in [0.15, 0.2) is 0 Å². The summed E-state index contributed by atoms with van der Waals surface area (Å²) in [4.78, 5) is 25.2. The number of rotatable bonds is 7. The van der Waals surface area contributed by atoms with Crippen LogP contribution in [0, 0.1) is 0 Å². The average molecular weight is 441 g/mol. The molecule has 0 saturated carbocycles. The van der Waals surface area contributed by atoms with E-state index in [0.717, 1.165) is 4.68 Å². The Kier molecular flexibility index (Phi) is 6.65. The van der Waals surface area contributed by atoms with E-state index in [2.05, 4.69) is 5.10 Å². The Morgan fingerprint density at radius 3 is 2.48 bits per heavy atom. The standard InChI is InChI=1S/C20H22F3N3O5/c1-30-13-5-3-12(4-6-13)9-26-19(29)15(20(21,22)23)8-16(24-26)17-7-14(31-2)10-25(17)11-18(27)28/h3-6,8,14,17H,7,9-11H2,1-2H3,(H,27,28). The summed E-state index contributed by atoms with van der Waals surface area (Å²) in [6.45, 7) is -0.335. The van der Waals surface area contributed by atoms with Gasteiger partial charge in [0.25, 0.3) is 5.56 Å². The number of methoxy groups -OCH3 is 2. The number of hydrogen-bond donors (Lipinski definition) is 1. The minimum atomic E-state index is -4.88. The number of benzene rings is 1. The zero-order valence-corrected chi connectivity index (χ0v) is 16.9. The van der Waals surface area contributed by atoms with Crippen molar-refractivity contribution in [2.45, 2.75) is 31.3 Å². The van der Waals surface area contributed by atoms with Crippen LogP contribution in [0.15, 0.2) is 35.1 Å². The first kappa shape index (κ1) is 22.8. The van der Waals surface area contributed by atoms with Crippen LogP contribution in [0.5, 0.6) is 5.75 Å². The Balaban J connectivity index is 2.04. The number of aliphatic carboxylic acids is 1. The van der Waals surface area contributed by atoms with Gasteiger partial charge in [-0.1, -0.05) is 12.1 Å². The molecular formula is C20H22F3N3O5. The number of carboxylic acids is 1. The van der Waals surface area contributed by atoms with Crippen LogP contribution >= 0.6 is 0 Å². The van der Waals surface area contributed by atoms with Crippen molar-refractivity contribution >= 4 is 5.97 Å². The fourth-order valence-corrected chi connectivity index (χ4v) is 3.63. The van der Waals surface area contributed by atoms with Crippen molar-refractivity contribution in [3.05, 3.63) is 57.5 Å². The first-order chi connectivity index (χ1) is 14.6. The summed E-state index contributed by atoms with van der Waals surface area (Å²) in [5.74, 6) is -0.556. The number of nitrogens with zero attached hydrogens (tertiary/aromatic N) is 3. The van der Waals surface area contributed by atoms with E-state index in [-0.39, 0.29) is 37.9 Å². The van der Waals surface area contributed by atoms with Gasteiger partial charge in [-0.05, 0) is 30.2 Å². The maximum atomic E-state index is 13.6. The number of hydrogen-bond acceptors (Lipinski definition) is 6. The second-order valence-corrected chi connectivity index (χ2v) is 7.22. The lowest BCUT2D eigenvalue weighted by Crippen LogP contribution is -2.35. The lowest BCUT2D eigenvalue weighted by atomic mass is 10.1. The number of ether oxygens (including phenoxy) is 2. The third kappa shape index (κ3) is 5.23. The molecule has 2 heterocycles. The normalized spacial score (nSPS) is 19.5. The molecule has 0 aliphatic carbocycles. The summed E-state index contributed by atoms with van der Waals surface area (Å²) in [7, 11) is 2.93. The molecular weight excluding hydrogens is 419 g/mol. The zero-order valence-electron chi connectivity index (χ0n) is 16.9. The van der Waals surface area contributed by atoms with Crippen molar-refractivity contribution in [1.82, 2.24) is 14.7 Å². The summed E-state index contributed by atoms with van der Waals surface area (Å²) < 4.78 is 51.9. The van der Waals surface area contributed by atoms with Crippen molar-refractivity contribution in [2.24, 2.45) is 0 Å². The maximum Gasteiger partial charge on any atom is 0.421 e. The Labute approximate surface area is 175 Å². The minimum absolute atomic E-state index is 0.0266. The molecule has 168 valence electrons. The summed E-state index contributed by atoms with van der Waals surface area (Å²) >= 11 is 0. The predicted molar refractivity (Wildman–Crippen MR) is 103 cm³/mol. The second kappa shape index (κ2) is 9.06. The van der Waals surface area contributed by atoms with Gasteiger partial charge in [-0.15, -0.1) is 0 Å². The van der Waals surface area contributed by atoms with Gasteiger partial charge in [0.05, 0.1) is 38.0 Å². The highest BCUT2D eigenvalue weighted by atomic mass is 19.4. The van der Waals surface area contributed by atoms with Crippen LogP contribution in [0.4, 0.5) is 13.2 Å². The maximum absolute atomic E-state index is 13.6. The average Bonchev–Trinajstić information content (AvgIpc) is 3.11. The second-order valence-electron chi connectivity index (χ2n) is 7.22. The molecule has 0 spiro atoms. The number of carbonyl (C=O) groups is 1. The van der Waals surface area contributed by atoms with Gasteiger partial charge < -0.3 is 14.6 Å². The molecule has 2 unspecified atom stereocenters. The van der Waals surface area contributed by atoms with Crippen LogP contribution < -0.4 is 10.3 Å². The van der Waals surface area contributed by atoms with Crippen LogP contribution in [0.2, 0.25) is 0 Å². The highest BCUT2D eigenvalue weighted by Gasteiger charge is 2.40. The van der Waals surface area contributed by atoms with E-state index < -0.39 is 29.3 Å². The Bertz CT molecular complexity index is 991. The van der Waals surface area contributed by atoms with E-state index >= 15 is 0 Å². The molecule has 1 saturated heterocycles. The van der Waals surface area contributed by atoms with E-state index in [1.54, 1.807) is 24.3 Å². The number of carboxylic acid groups (broad SMARTS) is 1. The highest BCUT2D eigenvalue weighted by molar-refractivity contribution is 5.69. The number of aromatic nitrogens is 2. The van der Waals surface area contributed by atoms with Crippen LogP contribution in [0.3, 0.4) is 0 Å². The van der Waals surface area contributed by atoms with E-state index in [0.29, 0.717) is 17.4 Å². The minimum Gasteiger partial charge on any atom is -0.497 e. The molecule has 1 aliphatic rings. The van der Waals surface area contributed by atoms with E-state index in [9.17, 15) is 22.8 Å². The topological polar surface area (TPSA) is 93.9 Å². The van der Waals surface area contributed by atoms with Gasteiger partial charge in [-0.3, -0.25) is 14.5 Å². The molecule has 31 heavy (non-hydrogen) atoms. The number of alkyl halides is 3. The lowest BCUT2D eigenvalue weighted by Gasteiger charge is -2.23. The summed E-state index contributed by atoms with van der Waals surface area (Å²) in [6.07, 6.45) is -4.98. The summed E-state index contributed by atoms with van der Waals surface area (Å²) in [6, 6.07) is 6.49.